The van der Waals surface area contributed by atoms with E-state index in [1.165, 1.54) is 24.3 Å². The van der Waals surface area contributed by atoms with Crippen molar-refractivity contribution in [3.63, 3.8) is 0 Å². The Morgan fingerprint density at radius 1 is 1.26 bits per heavy atom. The summed E-state index contributed by atoms with van der Waals surface area (Å²) >= 11 is 5.85. The number of nitrogens with one attached hydrogen (secondary N) is 1. The summed E-state index contributed by atoms with van der Waals surface area (Å²) in [6.07, 6.45) is 7.24. The number of carboxylic acids is 1. The van der Waals surface area contributed by atoms with Gasteiger partial charge in [0.1, 0.15) is 11.0 Å². The molecule has 5 rings (SSSR count). The van der Waals surface area contributed by atoms with Gasteiger partial charge in [-0.2, -0.15) is 5.10 Å². The van der Waals surface area contributed by atoms with Crippen LogP contribution in [0.1, 0.15) is 52.4 Å². The fourth-order valence-corrected chi connectivity index (χ4v) is 4.35. The van der Waals surface area contributed by atoms with E-state index in [4.69, 9.17) is 21.6 Å². The van der Waals surface area contributed by atoms with Crippen LogP contribution in [0.3, 0.4) is 0 Å². The van der Waals surface area contributed by atoms with Gasteiger partial charge in [-0.3, -0.25) is 4.68 Å². The largest absolute Gasteiger partial charge is 0.476 e. The number of aryl methyl sites for hydroxylation is 2. The third-order valence-electron chi connectivity index (χ3n) is 5.74. The van der Waals surface area contributed by atoms with Crippen molar-refractivity contribution in [1.29, 1.82) is 0 Å². The number of carbonyl (C=O) groups is 1. The van der Waals surface area contributed by atoms with Gasteiger partial charge in [0.2, 0.25) is 0 Å². The smallest absolute Gasteiger partial charge is 0.356 e. The molecule has 2 N–H and O–H groups in total. The van der Waals surface area contributed by atoms with E-state index in [1.54, 1.807) is 17.8 Å². The lowest BCUT2D eigenvalue weighted by Crippen LogP contribution is -2.13. The molecule has 1 aliphatic carbocycles. The van der Waals surface area contributed by atoms with Crippen LogP contribution >= 0.6 is 11.6 Å². The molecule has 0 unspecified atom stereocenters. The molecule has 10 heteroatoms. The van der Waals surface area contributed by atoms with Crippen molar-refractivity contribution in [2.24, 2.45) is 7.05 Å². The number of hydrogen-bond donors (Lipinski definition) is 2. The lowest BCUT2D eigenvalue weighted by Gasteiger charge is -2.19. The minimum absolute atomic E-state index is 0.0726. The van der Waals surface area contributed by atoms with Gasteiger partial charge in [-0.15, -0.1) is 0 Å². The summed E-state index contributed by atoms with van der Waals surface area (Å²) in [7, 11) is 1.86. The first-order valence-corrected chi connectivity index (χ1v) is 11.0. The zero-order chi connectivity index (χ0) is 24.0. The van der Waals surface area contributed by atoms with E-state index >= 15 is 0 Å². The molecule has 0 bridgehead atoms. The molecule has 0 radical (unpaired) electrons. The second-order valence-corrected chi connectivity index (χ2v) is 8.59. The van der Waals surface area contributed by atoms with Crippen molar-refractivity contribution in [2.45, 2.75) is 25.8 Å². The average molecular weight is 479 g/mol. The molecule has 0 aliphatic heterocycles. The molecule has 0 fully saturated rings. The molecule has 1 atom stereocenters. The molecule has 0 spiro atoms. The molecular formula is C24H20ClFN6O2. The summed E-state index contributed by atoms with van der Waals surface area (Å²) in [6, 6.07) is 5.32. The zero-order valence-corrected chi connectivity index (χ0v) is 19.1. The van der Waals surface area contributed by atoms with Crippen molar-refractivity contribution in [3.8, 4) is 0 Å². The van der Waals surface area contributed by atoms with Gasteiger partial charge in [-0.25, -0.2) is 24.1 Å². The highest BCUT2D eigenvalue weighted by atomic mass is 35.5. The third kappa shape index (κ3) is 4.10. The number of carboxylic acid groups (broad SMARTS) is 1. The SMILES string of the molecule is C[C@@H](Nc1ccc(Cl)nc1C(=O)O)c1cc(F)cc2nc3c(nc12)CCC3=Cc1cnn(C)c1. The monoisotopic (exact) mass is 478 g/mol. The highest BCUT2D eigenvalue weighted by Gasteiger charge is 2.24. The molecule has 1 aliphatic rings. The van der Waals surface area contributed by atoms with E-state index in [0.717, 1.165) is 35.4 Å². The lowest BCUT2D eigenvalue weighted by molar-refractivity contribution is 0.0691. The van der Waals surface area contributed by atoms with Crippen LogP contribution < -0.4 is 5.32 Å². The van der Waals surface area contributed by atoms with Gasteiger partial charge in [-0.1, -0.05) is 11.6 Å². The molecule has 0 saturated carbocycles. The number of benzene rings is 1. The van der Waals surface area contributed by atoms with Crippen LogP contribution in [-0.4, -0.2) is 35.8 Å². The van der Waals surface area contributed by atoms with Gasteiger partial charge in [0.25, 0.3) is 0 Å². The number of aromatic carboxylic acids is 1. The number of nitrogens with zero attached hydrogens (tertiary/aromatic N) is 5. The topological polar surface area (TPSA) is 106 Å². The summed E-state index contributed by atoms with van der Waals surface area (Å²) in [6.45, 7) is 1.80. The maximum absolute atomic E-state index is 14.6. The number of anilines is 1. The Kier molecular flexibility index (Phi) is 5.49. The van der Waals surface area contributed by atoms with Crippen molar-refractivity contribution < 1.29 is 14.3 Å². The summed E-state index contributed by atoms with van der Waals surface area (Å²) < 4.78 is 16.3. The first-order valence-electron chi connectivity index (χ1n) is 10.6. The third-order valence-corrected chi connectivity index (χ3v) is 5.95. The molecule has 0 amide bonds. The Balaban J connectivity index is 1.55. The fourth-order valence-electron chi connectivity index (χ4n) is 4.20. The number of allylic oxidation sites excluding steroid dienone is 1. The highest BCUT2D eigenvalue weighted by Crippen LogP contribution is 2.35. The van der Waals surface area contributed by atoms with Gasteiger partial charge in [-0.05, 0) is 49.6 Å². The van der Waals surface area contributed by atoms with Gasteiger partial charge in [0.05, 0.1) is 40.3 Å². The second-order valence-electron chi connectivity index (χ2n) is 8.20. The Hall–Kier alpha value is -3.85. The normalized spacial score (nSPS) is 15.0. The van der Waals surface area contributed by atoms with Crippen LogP contribution in [0.15, 0.2) is 36.7 Å². The quantitative estimate of drug-likeness (QED) is 0.392. The minimum atomic E-state index is -1.22. The standard InChI is InChI=1S/C24H20ClFN6O2/c1-12(28-18-5-6-20(25)31-23(18)24(33)34)16-8-15(26)9-19-22(16)29-17-4-3-14(21(17)30-19)7-13-10-27-32(2)11-13/h5-12,28H,3-4H2,1-2H3,(H,33,34)/t12-/m1/s1. The summed E-state index contributed by atoms with van der Waals surface area (Å²) in [5.41, 5.74) is 5.26. The van der Waals surface area contributed by atoms with E-state index in [0.29, 0.717) is 16.6 Å². The fraction of sp³-hybridized carbons (Fsp3) is 0.208. The minimum Gasteiger partial charge on any atom is -0.476 e. The number of halogens is 2. The summed E-state index contributed by atoms with van der Waals surface area (Å²) in [4.78, 5) is 25.1. The Labute approximate surface area is 199 Å². The molecule has 3 aromatic heterocycles. The zero-order valence-electron chi connectivity index (χ0n) is 18.4. The first kappa shape index (κ1) is 22.0. The van der Waals surface area contributed by atoms with Crippen LogP contribution in [0, 0.1) is 5.82 Å². The Bertz CT molecular complexity index is 1480. The van der Waals surface area contributed by atoms with Crippen LogP contribution in [0.25, 0.3) is 22.7 Å². The van der Waals surface area contributed by atoms with E-state index in [-0.39, 0.29) is 16.5 Å². The van der Waals surface area contributed by atoms with Gasteiger partial charge < -0.3 is 10.4 Å². The Morgan fingerprint density at radius 2 is 2.09 bits per heavy atom. The molecule has 172 valence electrons. The number of hydrogen-bond acceptors (Lipinski definition) is 6. The molecular weight excluding hydrogens is 459 g/mol. The van der Waals surface area contributed by atoms with Crippen LogP contribution in [0.4, 0.5) is 10.1 Å². The van der Waals surface area contributed by atoms with Crippen molar-refractivity contribution in [1.82, 2.24) is 24.7 Å². The number of rotatable bonds is 5. The van der Waals surface area contributed by atoms with Crippen molar-refractivity contribution >= 4 is 45.9 Å². The Morgan fingerprint density at radius 3 is 2.82 bits per heavy atom. The number of aromatic nitrogens is 5. The molecule has 0 saturated heterocycles. The van der Waals surface area contributed by atoms with E-state index in [2.05, 4.69) is 15.4 Å². The highest BCUT2D eigenvalue weighted by molar-refractivity contribution is 6.29. The van der Waals surface area contributed by atoms with Crippen molar-refractivity contribution in [3.05, 3.63) is 75.8 Å². The first-order chi connectivity index (χ1) is 16.3. The van der Waals surface area contributed by atoms with E-state index < -0.39 is 17.8 Å². The van der Waals surface area contributed by atoms with Gasteiger partial charge in [0, 0.05) is 30.4 Å². The summed E-state index contributed by atoms with van der Waals surface area (Å²) in [5, 5.41) is 16.8. The van der Waals surface area contributed by atoms with Crippen molar-refractivity contribution in [2.75, 3.05) is 5.32 Å². The maximum Gasteiger partial charge on any atom is 0.356 e. The lowest BCUT2D eigenvalue weighted by atomic mass is 10.0. The van der Waals surface area contributed by atoms with E-state index in [9.17, 15) is 14.3 Å². The second kappa shape index (κ2) is 8.49. The summed E-state index contributed by atoms with van der Waals surface area (Å²) in [5.74, 6) is -1.67. The van der Waals surface area contributed by atoms with Crippen LogP contribution in [0.5, 0.6) is 0 Å². The number of pyridine rings is 1. The predicted octanol–water partition coefficient (Wildman–Crippen LogP) is 4.91. The van der Waals surface area contributed by atoms with E-state index in [1.807, 2.05) is 19.3 Å². The maximum atomic E-state index is 14.6. The predicted molar refractivity (Wildman–Crippen MR) is 127 cm³/mol. The molecule has 3 heterocycles. The molecule has 1 aromatic carbocycles. The van der Waals surface area contributed by atoms with Gasteiger partial charge in [0.15, 0.2) is 5.69 Å². The van der Waals surface area contributed by atoms with Gasteiger partial charge >= 0.3 is 5.97 Å². The number of fused-ring (bicyclic) bond motifs is 2. The van der Waals surface area contributed by atoms with Crippen LogP contribution in [-0.2, 0) is 13.5 Å². The van der Waals surface area contributed by atoms with Crippen LogP contribution in [0.2, 0.25) is 5.15 Å². The molecule has 4 aromatic rings. The average Bonchev–Trinajstić information content (AvgIpc) is 3.38. The molecule has 34 heavy (non-hydrogen) atoms. The molecule has 8 nitrogen and oxygen atoms in total.